The third-order valence-corrected chi connectivity index (χ3v) is 2.42. The van der Waals surface area contributed by atoms with Crippen molar-refractivity contribution in [1.82, 2.24) is 0 Å². The molecule has 94 valence electrons. The van der Waals surface area contributed by atoms with Gasteiger partial charge in [-0.2, -0.15) is 0 Å². The molecule has 3 N–H and O–H groups in total. The van der Waals surface area contributed by atoms with E-state index in [-0.39, 0.29) is 18.0 Å². The van der Waals surface area contributed by atoms with Gasteiger partial charge >= 0.3 is 0 Å². The second kappa shape index (κ2) is 5.01. The quantitative estimate of drug-likeness (QED) is 0.825. The minimum Gasteiger partial charge on any atom is -0.455 e. The topological polar surface area (TPSA) is 55.5 Å². The minimum absolute atomic E-state index is 0.117. The molecule has 0 amide bonds. The third kappa shape index (κ3) is 2.41. The molecule has 0 unspecified atom stereocenters. The molecule has 0 atom stereocenters. The van der Waals surface area contributed by atoms with Crippen LogP contribution < -0.4 is 10.5 Å². The molecule has 0 heterocycles. The summed E-state index contributed by atoms with van der Waals surface area (Å²) in [6.07, 6.45) is 0. The predicted molar refractivity (Wildman–Crippen MR) is 63.2 cm³/mol. The van der Waals surface area contributed by atoms with Crippen LogP contribution in [-0.4, -0.2) is 5.11 Å². The van der Waals surface area contributed by atoms with Gasteiger partial charge in [-0.15, -0.1) is 0 Å². The van der Waals surface area contributed by atoms with Crippen LogP contribution >= 0.6 is 0 Å². The zero-order valence-corrected chi connectivity index (χ0v) is 9.36. The van der Waals surface area contributed by atoms with Crippen molar-refractivity contribution in [3.63, 3.8) is 0 Å². The van der Waals surface area contributed by atoms with Crippen LogP contribution in [0.25, 0.3) is 0 Å². The second-order valence-electron chi connectivity index (χ2n) is 3.67. The molecule has 0 aliphatic rings. The summed E-state index contributed by atoms with van der Waals surface area (Å²) in [6.45, 7) is -0.242. The third-order valence-electron chi connectivity index (χ3n) is 2.42. The van der Waals surface area contributed by atoms with Crippen molar-refractivity contribution in [2.45, 2.75) is 6.61 Å². The molecule has 0 saturated carbocycles. The SMILES string of the molecule is Nc1c(F)cc(F)cc1Oc1ccccc1CO. The first-order valence-electron chi connectivity index (χ1n) is 5.23. The molecule has 3 nitrogen and oxygen atoms in total. The number of halogens is 2. The van der Waals surface area contributed by atoms with E-state index in [1.807, 2.05) is 0 Å². The largest absolute Gasteiger partial charge is 0.455 e. The predicted octanol–water partition coefficient (Wildman–Crippen LogP) is 2.83. The molecule has 2 aromatic rings. The van der Waals surface area contributed by atoms with E-state index < -0.39 is 11.6 Å². The molecule has 0 aliphatic heterocycles. The summed E-state index contributed by atoms with van der Waals surface area (Å²) >= 11 is 0. The van der Waals surface area contributed by atoms with E-state index >= 15 is 0 Å². The molecule has 2 aromatic carbocycles. The molecule has 2 rings (SSSR count). The smallest absolute Gasteiger partial charge is 0.156 e. The van der Waals surface area contributed by atoms with Crippen LogP contribution in [-0.2, 0) is 6.61 Å². The molecule has 18 heavy (non-hydrogen) atoms. The Balaban J connectivity index is 2.40. The van der Waals surface area contributed by atoms with Gasteiger partial charge in [0.2, 0.25) is 0 Å². The van der Waals surface area contributed by atoms with E-state index in [2.05, 4.69) is 0 Å². The van der Waals surface area contributed by atoms with Crippen LogP contribution in [0, 0.1) is 11.6 Å². The van der Waals surface area contributed by atoms with Gasteiger partial charge in [0.1, 0.15) is 17.3 Å². The number of aliphatic hydroxyl groups excluding tert-OH is 1. The molecule has 0 aromatic heterocycles. The van der Waals surface area contributed by atoms with Crippen molar-refractivity contribution in [3.05, 3.63) is 53.6 Å². The van der Waals surface area contributed by atoms with Gasteiger partial charge in [-0.3, -0.25) is 0 Å². The van der Waals surface area contributed by atoms with Crippen molar-refractivity contribution in [2.75, 3.05) is 5.73 Å². The molecule has 0 bridgehead atoms. The summed E-state index contributed by atoms with van der Waals surface area (Å²) < 4.78 is 31.6. The summed E-state index contributed by atoms with van der Waals surface area (Å²) in [5, 5.41) is 9.12. The highest BCUT2D eigenvalue weighted by molar-refractivity contribution is 5.55. The van der Waals surface area contributed by atoms with E-state index in [4.69, 9.17) is 15.6 Å². The Labute approximate surface area is 102 Å². The van der Waals surface area contributed by atoms with E-state index in [9.17, 15) is 8.78 Å². The number of hydrogen-bond donors (Lipinski definition) is 2. The molecule has 5 heteroatoms. The van der Waals surface area contributed by atoms with Crippen LogP contribution in [0.4, 0.5) is 14.5 Å². The Morgan fingerprint density at radius 2 is 1.83 bits per heavy atom. The Hall–Kier alpha value is -2.14. The van der Waals surface area contributed by atoms with Gasteiger partial charge in [-0.05, 0) is 6.07 Å². The van der Waals surface area contributed by atoms with Crippen LogP contribution in [0.5, 0.6) is 11.5 Å². The number of anilines is 1. The zero-order valence-electron chi connectivity index (χ0n) is 9.36. The van der Waals surface area contributed by atoms with E-state index in [0.717, 1.165) is 6.07 Å². The highest BCUT2D eigenvalue weighted by atomic mass is 19.1. The molecular weight excluding hydrogens is 240 g/mol. The maximum Gasteiger partial charge on any atom is 0.156 e. The zero-order chi connectivity index (χ0) is 13.1. The Bertz CT molecular complexity index is 573. The van der Waals surface area contributed by atoms with E-state index in [0.29, 0.717) is 17.4 Å². The van der Waals surface area contributed by atoms with E-state index in [1.54, 1.807) is 24.3 Å². The average Bonchev–Trinajstić information content (AvgIpc) is 2.36. The highest BCUT2D eigenvalue weighted by Crippen LogP contribution is 2.32. The van der Waals surface area contributed by atoms with Gasteiger partial charge < -0.3 is 15.6 Å². The maximum atomic E-state index is 13.2. The first kappa shape index (κ1) is 12.3. The fraction of sp³-hybridized carbons (Fsp3) is 0.0769. The highest BCUT2D eigenvalue weighted by Gasteiger charge is 2.11. The molecular formula is C13H11F2NO2. The average molecular weight is 251 g/mol. The summed E-state index contributed by atoms with van der Waals surface area (Å²) in [6, 6.07) is 8.29. The van der Waals surface area contributed by atoms with Crippen molar-refractivity contribution in [3.8, 4) is 11.5 Å². The lowest BCUT2D eigenvalue weighted by atomic mass is 10.2. The molecule has 0 spiro atoms. The summed E-state index contributed by atoms with van der Waals surface area (Å²) in [4.78, 5) is 0. The number of aliphatic hydroxyl groups is 1. The number of nitrogen functional groups attached to an aromatic ring is 1. The second-order valence-corrected chi connectivity index (χ2v) is 3.67. The summed E-state index contributed by atoms with van der Waals surface area (Å²) in [7, 11) is 0. The lowest BCUT2D eigenvalue weighted by molar-refractivity contribution is 0.276. The van der Waals surface area contributed by atoms with Gasteiger partial charge in [-0.1, -0.05) is 18.2 Å². The maximum absolute atomic E-state index is 13.2. The Kier molecular flexibility index (Phi) is 3.43. The lowest BCUT2D eigenvalue weighted by Gasteiger charge is -2.11. The van der Waals surface area contributed by atoms with Crippen LogP contribution in [0.1, 0.15) is 5.56 Å². The van der Waals surface area contributed by atoms with Crippen molar-refractivity contribution >= 4 is 5.69 Å². The van der Waals surface area contributed by atoms with Gasteiger partial charge in [0, 0.05) is 17.7 Å². The molecule has 0 aliphatic carbocycles. The molecule has 0 radical (unpaired) electrons. The first-order chi connectivity index (χ1) is 8.61. The summed E-state index contributed by atoms with van der Waals surface area (Å²) in [5.74, 6) is -1.48. The number of nitrogens with two attached hydrogens (primary N) is 1. The fourth-order valence-electron chi connectivity index (χ4n) is 1.50. The first-order valence-corrected chi connectivity index (χ1v) is 5.23. The molecule has 0 fully saturated rings. The standard InChI is InChI=1S/C13H11F2NO2/c14-9-5-10(15)13(16)12(6-9)18-11-4-2-1-3-8(11)7-17/h1-6,17H,7,16H2. The van der Waals surface area contributed by atoms with Crippen molar-refractivity contribution in [1.29, 1.82) is 0 Å². The van der Waals surface area contributed by atoms with Gasteiger partial charge in [0.25, 0.3) is 0 Å². The van der Waals surface area contributed by atoms with Crippen molar-refractivity contribution in [2.24, 2.45) is 0 Å². The van der Waals surface area contributed by atoms with E-state index in [1.165, 1.54) is 0 Å². The van der Waals surface area contributed by atoms with Gasteiger partial charge in [0.15, 0.2) is 11.6 Å². The van der Waals surface area contributed by atoms with Crippen LogP contribution in [0.3, 0.4) is 0 Å². The van der Waals surface area contributed by atoms with Gasteiger partial charge in [0.05, 0.1) is 6.61 Å². The lowest BCUT2D eigenvalue weighted by Crippen LogP contribution is -1.98. The van der Waals surface area contributed by atoms with Gasteiger partial charge in [-0.25, -0.2) is 8.78 Å². The number of benzene rings is 2. The minimum atomic E-state index is -0.883. The monoisotopic (exact) mass is 251 g/mol. The van der Waals surface area contributed by atoms with Crippen LogP contribution in [0.2, 0.25) is 0 Å². The number of para-hydroxylation sites is 1. The number of hydrogen-bond acceptors (Lipinski definition) is 3. The molecule has 0 saturated heterocycles. The Morgan fingerprint density at radius 1 is 1.11 bits per heavy atom. The number of rotatable bonds is 3. The van der Waals surface area contributed by atoms with Crippen molar-refractivity contribution < 1.29 is 18.6 Å². The fourth-order valence-corrected chi connectivity index (χ4v) is 1.50. The van der Waals surface area contributed by atoms with Crippen LogP contribution in [0.15, 0.2) is 36.4 Å². The Morgan fingerprint density at radius 3 is 2.56 bits per heavy atom. The normalized spacial score (nSPS) is 10.4. The summed E-state index contributed by atoms with van der Waals surface area (Å²) in [5.41, 5.74) is 5.69. The number of ether oxygens (including phenoxy) is 1.